The number of carbonyl (C=O) groups is 1. The molecule has 0 atom stereocenters. The summed E-state index contributed by atoms with van der Waals surface area (Å²) in [6.07, 6.45) is 1.70. The SMILES string of the molecule is COc1ccc(C(=O)n2ccc(CCl)c2CCl)cc1. The predicted octanol–water partition coefficient (Wildman–Crippen LogP) is 3.66. The maximum Gasteiger partial charge on any atom is 0.262 e. The van der Waals surface area contributed by atoms with Gasteiger partial charge in [-0.2, -0.15) is 0 Å². The molecule has 0 aliphatic rings. The van der Waals surface area contributed by atoms with Gasteiger partial charge in [0.05, 0.1) is 13.0 Å². The van der Waals surface area contributed by atoms with Gasteiger partial charge in [-0.25, -0.2) is 0 Å². The van der Waals surface area contributed by atoms with Crippen LogP contribution in [0.2, 0.25) is 0 Å². The average Bonchev–Trinajstić information content (AvgIpc) is 2.89. The van der Waals surface area contributed by atoms with Gasteiger partial charge in [0, 0.05) is 23.3 Å². The lowest BCUT2D eigenvalue weighted by Gasteiger charge is -2.08. The minimum Gasteiger partial charge on any atom is -0.497 e. The molecule has 2 aromatic rings. The lowest BCUT2D eigenvalue weighted by Crippen LogP contribution is -2.13. The summed E-state index contributed by atoms with van der Waals surface area (Å²) in [5.41, 5.74) is 2.18. The molecule has 100 valence electrons. The third-order valence-corrected chi connectivity index (χ3v) is 3.45. The largest absolute Gasteiger partial charge is 0.497 e. The molecule has 2 rings (SSSR count). The van der Waals surface area contributed by atoms with Gasteiger partial charge in [0.1, 0.15) is 5.75 Å². The smallest absolute Gasteiger partial charge is 0.262 e. The van der Waals surface area contributed by atoms with Crippen LogP contribution in [0.1, 0.15) is 21.6 Å². The van der Waals surface area contributed by atoms with Crippen LogP contribution in [0.3, 0.4) is 0 Å². The Labute approximate surface area is 121 Å². The van der Waals surface area contributed by atoms with E-state index in [4.69, 9.17) is 27.9 Å². The lowest BCUT2D eigenvalue weighted by molar-refractivity contribution is 0.0958. The highest BCUT2D eigenvalue weighted by molar-refractivity contribution is 6.19. The van der Waals surface area contributed by atoms with Crippen molar-refractivity contribution >= 4 is 29.1 Å². The molecule has 0 unspecified atom stereocenters. The van der Waals surface area contributed by atoms with Crippen molar-refractivity contribution in [2.45, 2.75) is 11.8 Å². The van der Waals surface area contributed by atoms with Crippen molar-refractivity contribution in [2.75, 3.05) is 7.11 Å². The Morgan fingerprint density at radius 3 is 2.37 bits per heavy atom. The van der Waals surface area contributed by atoms with E-state index in [9.17, 15) is 4.79 Å². The van der Waals surface area contributed by atoms with Crippen molar-refractivity contribution < 1.29 is 9.53 Å². The Hall–Kier alpha value is -1.45. The Balaban J connectivity index is 2.35. The van der Waals surface area contributed by atoms with Gasteiger partial charge in [0.25, 0.3) is 5.91 Å². The number of alkyl halides is 2. The molecule has 1 heterocycles. The van der Waals surface area contributed by atoms with Crippen LogP contribution in [0.4, 0.5) is 0 Å². The van der Waals surface area contributed by atoms with E-state index >= 15 is 0 Å². The monoisotopic (exact) mass is 297 g/mol. The van der Waals surface area contributed by atoms with Crippen molar-refractivity contribution in [3.05, 3.63) is 53.3 Å². The predicted molar refractivity (Wildman–Crippen MR) is 76.3 cm³/mol. The van der Waals surface area contributed by atoms with Gasteiger partial charge in [0.15, 0.2) is 0 Å². The van der Waals surface area contributed by atoms with Crippen LogP contribution in [0.25, 0.3) is 0 Å². The van der Waals surface area contributed by atoms with E-state index < -0.39 is 0 Å². The number of carbonyl (C=O) groups excluding carboxylic acids is 1. The molecule has 0 amide bonds. The molecule has 3 nitrogen and oxygen atoms in total. The van der Waals surface area contributed by atoms with E-state index in [-0.39, 0.29) is 11.8 Å². The minimum atomic E-state index is -0.130. The van der Waals surface area contributed by atoms with Crippen molar-refractivity contribution in [2.24, 2.45) is 0 Å². The summed E-state index contributed by atoms with van der Waals surface area (Å²) in [6, 6.07) is 8.75. The van der Waals surface area contributed by atoms with E-state index in [1.54, 1.807) is 37.6 Å². The van der Waals surface area contributed by atoms with Crippen molar-refractivity contribution in [1.82, 2.24) is 4.57 Å². The zero-order valence-corrected chi connectivity index (χ0v) is 11.9. The van der Waals surface area contributed by atoms with Gasteiger partial charge in [-0.05, 0) is 35.9 Å². The molecular weight excluding hydrogens is 285 g/mol. The number of benzene rings is 1. The molecule has 1 aromatic heterocycles. The number of rotatable bonds is 4. The van der Waals surface area contributed by atoms with Gasteiger partial charge < -0.3 is 4.74 Å². The highest BCUT2D eigenvalue weighted by Crippen LogP contribution is 2.19. The molecule has 0 fully saturated rings. The summed E-state index contributed by atoms with van der Waals surface area (Å²) in [5, 5.41) is 0. The maximum absolute atomic E-state index is 12.4. The second kappa shape index (κ2) is 6.13. The first kappa shape index (κ1) is 14.0. The van der Waals surface area contributed by atoms with E-state index in [0.29, 0.717) is 17.2 Å². The number of aromatic nitrogens is 1. The quantitative estimate of drug-likeness (QED) is 0.807. The highest BCUT2D eigenvalue weighted by atomic mass is 35.5. The Bertz CT molecular complexity index is 576. The first-order valence-corrected chi connectivity index (χ1v) is 6.78. The molecule has 19 heavy (non-hydrogen) atoms. The van der Waals surface area contributed by atoms with Crippen LogP contribution in [0, 0.1) is 0 Å². The highest BCUT2D eigenvalue weighted by Gasteiger charge is 2.15. The fraction of sp³-hybridized carbons (Fsp3) is 0.214. The van der Waals surface area contributed by atoms with E-state index in [0.717, 1.165) is 11.3 Å². The van der Waals surface area contributed by atoms with Crippen molar-refractivity contribution in [3.63, 3.8) is 0 Å². The Morgan fingerprint density at radius 2 is 1.84 bits per heavy atom. The van der Waals surface area contributed by atoms with Crippen LogP contribution < -0.4 is 4.74 Å². The molecule has 5 heteroatoms. The van der Waals surface area contributed by atoms with Gasteiger partial charge in [-0.3, -0.25) is 9.36 Å². The summed E-state index contributed by atoms with van der Waals surface area (Å²) < 4.78 is 6.60. The second-order valence-electron chi connectivity index (χ2n) is 3.96. The fourth-order valence-corrected chi connectivity index (χ4v) is 2.38. The number of nitrogens with zero attached hydrogens (tertiary/aromatic N) is 1. The van der Waals surface area contributed by atoms with Gasteiger partial charge in [-0.1, -0.05) is 0 Å². The van der Waals surface area contributed by atoms with Crippen LogP contribution in [-0.4, -0.2) is 17.6 Å². The van der Waals surface area contributed by atoms with Crippen LogP contribution >= 0.6 is 23.2 Å². The number of hydrogen-bond acceptors (Lipinski definition) is 2. The molecule has 0 saturated carbocycles. The summed E-state index contributed by atoms with van der Waals surface area (Å²) in [7, 11) is 1.58. The molecule has 0 bridgehead atoms. The maximum atomic E-state index is 12.4. The Kier molecular flexibility index (Phi) is 4.51. The number of hydrogen-bond donors (Lipinski definition) is 0. The normalized spacial score (nSPS) is 10.5. The zero-order valence-electron chi connectivity index (χ0n) is 10.4. The van der Waals surface area contributed by atoms with Gasteiger partial charge in [-0.15, -0.1) is 23.2 Å². The first-order chi connectivity index (χ1) is 9.21. The summed E-state index contributed by atoms with van der Waals surface area (Å²) in [4.78, 5) is 12.4. The second-order valence-corrected chi connectivity index (χ2v) is 4.49. The van der Waals surface area contributed by atoms with E-state index in [1.807, 2.05) is 6.07 Å². The first-order valence-electron chi connectivity index (χ1n) is 5.71. The van der Waals surface area contributed by atoms with Crippen LogP contribution in [-0.2, 0) is 11.8 Å². The molecule has 1 aromatic carbocycles. The molecule has 0 N–H and O–H groups in total. The van der Waals surface area contributed by atoms with Gasteiger partial charge >= 0.3 is 0 Å². The lowest BCUT2D eigenvalue weighted by atomic mass is 10.2. The molecule has 0 radical (unpaired) electrons. The minimum absolute atomic E-state index is 0.130. The summed E-state index contributed by atoms with van der Waals surface area (Å²) in [5.74, 6) is 1.17. The van der Waals surface area contributed by atoms with E-state index in [2.05, 4.69) is 0 Å². The standard InChI is InChI=1S/C14H13Cl2NO2/c1-19-12-4-2-10(3-5-12)14(18)17-7-6-11(8-15)13(17)9-16/h2-7H,8-9H2,1H3. The summed E-state index contributed by atoms with van der Waals surface area (Å²) in [6.45, 7) is 0. The molecule has 0 aliphatic heterocycles. The van der Waals surface area contributed by atoms with Crippen molar-refractivity contribution in [3.8, 4) is 5.75 Å². The average molecular weight is 298 g/mol. The molecule has 0 saturated heterocycles. The number of halogens is 2. The van der Waals surface area contributed by atoms with Crippen LogP contribution in [0.5, 0.6) is 5.75 Å². The topological polar surface area (TPSA) is 31.2 Å². The summed E-state index contributed by atoms with van der Waals surface area (Å²) >= 11 is 11.7. The van der Waals surface area contributed by atoms with E-state index in [1.165, 1.54) is 4.57 Å². The third-order valence-electron chi connectivity index (χ3n) is 2.91. The zero-order chi connectivity index (χ0) is 13.8. The Morgan fingerprint density at radius 1 is 1.16 bits per heavy atom. The van der Waals surface area contributed by atoms with Crippen molar-refractivity contribution in [1.29, 1.82) is 0 Å². The fourth-order valence-electron chi connectivity index (χ4n) is 1.84. The molecule has 0 spiro atoms. The van der Waals surface area contributed by atoms with Crippen LogP contribution in [0.15, 0.2) is 36.5 Å². The van der Waals surface area contributed by atoms with Gasteiger partial charge in [0.2, 0.25) is 0 Å². The molecular formula is C14H13Cl2NO2. The number of methoxy groups -OCH3 is 1. The number of ether oxygens (including phenoxy) is 1. The third kappa shape index (κ3) is 2.77. The molecule has 0 aliphatic carbocycles.